The molecule has 0 saturated heterocycles. The molecule has 0 aliphatic heterocycles. The molecule has 64 valence electrons. The van der Waals surface area contributed by atoms with Gasteiger partial charge in [0.15, 0.2) is 5.78 Å². The number of halogens is 2. The maximum atomic E-state index is 11.1. The summed E-state index contributed by atoms with van der Waals surface area (Å²) in [6, 6.07) is 4.85. The minimum absolute atomic E-state index is 0.00287. The van der Waals surface area contributed by atoms with Gasteiger partial charge in [0.25, 0.3) is 0 Å². The number of Topliss-reactive ketones (excluding diaryl/α,β-unsaturated/α-hetero) is 1. The van der Waals surface area contributed by atoms with Crippen molar-refractivity contribution in [3.8, 4) is 0 Å². The topological polar surface area (TPSA) is 43.1 Å². The molecule has 0 aromatic heterocycles. The zero-order valence-corrected chi connectivity index (χ0v) is 8.52. The third-order valence-electron chi connectivity index (χ3n) is 1.44. The summed E-state index contributed by atoms with van der Waals surface area (Å²) < 4.78 is 0. The van der Waals surface area contributed by atoms with Gasteiger partial charge in [0, 0.05) is 5.56 Å². The van der Waals surface area contributed by atoms with E-state index >= 15 is 0 Å². The van der Waals surface area contributed by atoms with Crippen molar-refractivity contribution in [3.63, 3.8) is 0 Å². The summed E-state index contributed by atoms with van der Waals surface area (Å²) in [6.07, 6.45) is 0. The number of anilines is 1. The quantitative estimate of drug-likeness (QED) is 0.496. The lowest BCUT2D eigenvalue weighted by molar-refractivity contribution is 0.102. The van der Waals surface area contributed by atoms with Crippen molar-refractivity contribution < 1.29 is 4.79 Å². The third-order valence-corrected chi connectivity index (χ3v) is 2.28. The van der Waals surface area contributed by atoms with Crippen molar-refractivity contribution in [1.29, 1.82) is 0 Å². The van der Waals surface area contributed by atoms with Crippen molar-refractivity contribution in [2.24, 2.45) is 0 Å². The lowest BCUT2D eigenvalue weighted by Crippen LogP contribution is -2.00. The Morgan fingerprint density at radius 3 is 2.75 bits per heavy atom. The molecular weight excluding hydrogens is 241 g/mol. The molecule has 1 rings (SSSR count). The number of nitrogen functional groups attached to an aromatic ring is 1. The van der Waals surface area contributed by atoms with Gasteiger partial charge in [0.2, 0.25) is 0 Å². The van der Waals surface area contributed by atoms with Crippen LogP contribution in [-0.2, 0) is 0 Å². The monoisotopic (exact) mass is 247 g/mol. The summed E-state index contributed by atoms with van der Waals surface area (Å²) in [5.74, 6) is -0.00287. The van der Waals surface area contributed by atoms with E-state index in [-0.39, 0.29) is 5.78 Å². The van der Waals surface area contributed by atoms with E-state index in [0.717, 1.165) is 0 Å². The molecule has 0 spiro atoms. The summed E-state index contributed by atoms with van der Waals surface area (Å²) in [6.45, 7) is 0. The Hall–Kier alpha value is -0.540. The second kappa shape index (κ2) is 3.92. The van der Waals surface area contributed by atoms with E-state index in [1.54, 1.807) is 18.2 Å². The highest BCUT2D eigenvalue weighted by Gasteiger charge is 2.05. The lowest BCUT2D eigenvalue weighted by Gasteiger charge is -2.00. The number of nitrogens with two attached hydrogens (primary N) is 1. The molecule has 2 nitrogen and oxygen atoms in total. The zero-order chi connectivity index (χ0) is 9.14. The molecule has 0 fully saturated rings. The molecular formula is C8H7BrClNO. The molecule has 0 heterocycles. The number of hydrogen-bond acceptors (Lipinski definition) is 2. The fourth-order valence-electron chi connectivity index (χ4n) is 0.778. The minimum atomic E-state index is -0.00287. The van der Waals surface area contributed by atoms with Crippen LogP contribution in [-0.4, -0.2) is 11.1 Å². The first-order valence-corrected chi connectivity index (χ1v) is 4.79. The SMILES string of the molecule is Nc1ccc(C(=O)CBr)cc1Cl. The second-order valence-corrected chi connectivity index (χ2v) is 3.26. The smallest absolute Gasteiger partial charge is 0.173 e. The summed E-state index contributed by atoms with van der Waals surface area (Å²) in [5.41, 5.74) is 6.54. The highest BCUT2D eigenvalue weighted by atomic mass is 79.9. The fourth-order valence-corrected chi connectivity index (χ4v) is 1.28. The Kier molecular flexibility index (Phi) is 3.12. The number of alkyl halides is 1. The van der Waals surface area contributed by atoms with Crippen molar-refractivity contribution in [2.75, 3.05) is 11.1 Å². The van der Waals surface area contributed by atoms with Gasteiger partial charge in [0.1, 0.15) is 0 Å². The Morgan fingerprint density at radius 1 is 1.58 bits per heavy atom. The number of carbonyl (C=O) groups is 1. The van der Waals surface area contributed by atoms with Crippen LogP contribution in [0.3, 0.4) is 0 Å². The van der Waals surface area contributed by atoms with Crippen molar-refractivity contribution in [3.05, 3.63) is 28.8 Å². The molecule has 0 aliphatic carbocycles. The molecule has 0 radical (unpaired) electrons. The number of rotatable bonds is 2. The lowest BCUT2D eigenvalue weighted by atomic mass is 10.1. The van der Waals surface area contributed by atoms with E-state index in [2.05, 4.69) is 15.9 Å². The number of benzene rings is 1. The van der Waals surface area contributed by atoms with Crippen LogP contribution in [0.1, 0.15) is 10.4 Å². The van der Waals surface area contributed by atoms with Gasteiger partial charge in [-0.25, -0.2) is 0 Å². The summed E-state index contributed by atoms with van der Waals surface area (Å²) in [5, 5.41) is 0.717. The number of ketones is 1. The molecule has 12 heavy (non-hydrogen) atoms. The highest BCUT2D eigenvalue weighted by Crippen LogP contribution is 2.20. The van der Waals surface area contributed by atoms with E-state index in [1.807, 2.05) is 0 Å². The first kappa shape index (κ1) is 9.55. The van der Waals surface area contributed by atoms with Crippen LogP contribution in [0.5, 0.6) is 0 Å². The predicted molar refractivity (Wildman–Crippen MR) is 54.0 cm³/mol. The summed E-state index contributed by atoms with van der Waals surface area (Å²) in [4.78, 5) is 11.1. The fraction of sp³-hybridized carbons (Fsp3) is 0.125. The van der Waals surface area contributed by atoms with Crippen molar-refractivity contribution in [1.82, 2.24) is 0 Å². The second-order valence-electron chi connectivity index (χ2n) is 2.29. The van der Waals surface area contributed by atoms with Crippen LogP contribution in [0.15, 0.2) is 18.2 Å². The van der Waals surface area contributed by atoms with Crippen LogP contribution in [0.4, 0.5) is 5.69 Å². The molecule has 2 N–H and O–H groups in total. The van der Waals surface area contributed by atoms with E-state index in [1.165, 1.54) is 0 Å². The summed E-state index contributed by atoms with van der Waals surface area (Å²) >= 11 is 8.79. The molecule has 1 aromatic rings. The first-order chi connectivity index (χ1) is 5.65. The van der Waals surface area contributed by atoms with Crippen LogP contribution in [0, 0.1) is 0 Å². The molecule has 0 bridgehead atoms. The van der Waals surface area contributed by atoms with E-state index in [0.29, 0.717) is 21.6 Å². The zero-order valence-electron chi connectivity index (χ0n) is 6.18. The summed E-state index contributed by atoms with van der Waals surface area (Å²) in [7, 11) is 0. The van der Waals surface area contributed by atoms with Crippen LogP contribution < -0.4 is 5.73 Å². The molecule has 4 heteroatoms. The van der Waals surface area contributed by atoms with Gasteiger partial charge < -0.3 is 5.73 Å². The maximum Gasteiger partial charge on any atom is 0.173 e. The normalized spacial score (nSPS) is 9.83. The van der Waals surface area contributed by atoms with Crippen LogP contribution in [0.25, 0.3) is 0 Å². The maximum absolute atomic E-state index is 11.1. The Bertz CT molecular complexity index is 314. The predicted octanol–water partition coefficient (Wildman–Crippen LogP) is 2.50. The number of hydrogen-bond donors (Lipinski definition) is 1. The van der Waals surface area contributed by atoms with Gasteiger partial charge in [-0.2, -0.15) is 0 Å². The average Bonchev–Trinajstić information content (AvgIpc) is 2.08. The van der Waals surface area contributed by atoms with Crippen molar-refractivity contribution >= 4 is 39.0 Å². The van der Waals surface area contributed by atoms with Crippen LogP contribution in [0.2, 0.25) is 5.02 Å². The number of carbonyl (C=O) groups excluding carboxylic acids is 1. The van der Waals surface area contributed by atoms with E-state index < -0.39 is 0 Å². The van der Waals surface area contributed by atoms with Gasteiger partial charge in [0.05, 0.1) is 16.0 Å². The molecule has 0 saturated carbocycles. The molecule has 0 amide bonds. The van der Waals surface area contributed by atoms with E-state index in [4.69, 9.17) is 17.3 Å². The molecule has 0 unspecified atom stereocenters. The van der Waals surface area contributed by atoms with Gasteiger partial charge in [-0.1, -0.05) is 27.5 Å². The minimum Gasteiger partial charge on any atom is -0.398 e. The largest absolute Gasteiger partial charge is 0.398 e. The van der Waals surface area contributed by atoms with E-state index in [9.17, 15) is 4.79 Å². The standard InChI is InChI=1S/C8H7BrClNO/c9-4-8(12)5-1-2-7(11)6(10)3-5/h1-3H,4,11H2. The molecule has 0 aliphatic rings. The third kappa shape index (κ3) is 1.99. The first-order valence-electron chi connectivity index (χ1n) is 3.29. The van der Waals surface area contributed by atoms with Gasteiger partial charge in [-0.05, 0) is 18.2 Å². The Balaban J connectivity index is 3.05. The Labute approximate surface area is 83.8 Å². The highest BCUT2D eigenvalue weighted by molar-refractivity contribution is 9.09. The average molecular weight is 249 g/mol. The Morgan fingerprint density at radius 2 is 2.25 bits per heavy atom. The molecule has 0 atom stereocenters. The molecule has 1 aromatic carbocycles. The van der Waals surface area contributed by atoms with Crippen molar-refractivity contribution in [2.45, 2.75) is 0 Å². The van der Waals surface area contributed by atoms with Gasteiger partial charge in [-0.15, -0.1) is 0 Å². The van der Waals surface area contributed by atoms with Gasteiger partial charge in [-0.3, -0.25) is 4.79 Å². The van der Waals surface area contributed by atoms with Crippen LogP contribution >= 0.6 is 27.5 Å². The van der Waals surface area contributed by atoms with Gasteiger partial charge >= 0.3 is 0 Å².